The Morgan fingerprint density at radius 1 is 1.19 bits per heavy atom. The van der Waals surface area contributed by atoms with Gasteiger partial charge < -0.3 is 15.5 Å². The summed E-state index contributed by atoms with van der Waals surface area (Å²) in [5.74, 6) is -1.57. The standard InChI is InChI=1S/C16H23NO4/c1-10-7-11(2)13(12(3)8-10)5-4-6-15(19)17-14(9-18)16(20)21/h7-8,14,18H,4-6,9H2,1-3H3,(H,17,19)(H,20,21). The van der Waals surface area contributed by atoms with E-state index < -0.39 is 18.6 Å². The number of aryl methyl sites for hydroxylation is 3. The van der Waals surface area contributed by atoms with Crippen LogP contribution in [-0.2, 0) is 16.0 Å². The Bertz CT molecular complexity index is 502. The second-order valence-corrected chi connectivity index (χ2v) is 5.37. The van der Waals surface area contributed by atoms with Crippen molar-refractivity contribution < 1.29 is 19.8 Å². The number of aliphatic hydroxyl groups excluding tert-OH is 1. The van der Waals surface area contributed by atoms with Crippen molar-refractivity contribution in [2.75, 3.05) is 6.61 Å². The van der Waals surface area contributed by atoms with Crippen molar-refractivity contribution in [1.29, 1.82) is 0 Å². The first kappa shape index (κ1) is 17.2. The molecule has 0 bridgehead atoms. The molecule has 0 fully saturated rings. The van der Waals surface area contributed by atoms with Crippen LogP contribution in [0, 0.1) is 20.8 Å². The normalized spacial score (nSPS) is 12.0. The van der Waals surface area contributed by atoms with Crippen molar-refractivity contribution in [1.82, 2.24) is 5.32 Å². The molecule has 3 N–H and O–H groups in total. The highest BCUT2D eigenvalue weighted by atomic mass is 16.4. The molecule has 1 amide bonds. The van der Waals surface area contributed by atoms with Crippen molar-refractivity contribution in [3.05, 3.63) is 34.4 Å². The SMILES string of the molecule is Cc1cc(C)c(CCCC(=O)NC(CO)C(=O)O)c(C)c1. The van der Waals surface area contributed by atoms with Crippen LogP contribution < -0.4 is 5.32 Å². The summed E-state index contributed by atoms with van der Waals surface area (Å²) in [6.45, 7) is 5.57. The molecule has 0 aliphatic rings. The molecule has 0 saturated heterocycles. The van der Waals surface area contributed by atoms with Gasteiger partial charge in [-0.05, 0) is 50.3 Å². The average Bonchev–Trinajstić information content (AvgIpc) is 2.38. The molecule has 0 aromatic heterocycles. The van der Waals surface area contributed by atoms with Gasteiger partial charge in [-0.15, -0.1) is 0 Å². The number of hydrogen-bond acceptors (Lipinski definition) is 3. The topological polar surface area (TPSA) is 86.6 Å². The van der Waals surface area contributed by atoms with Gasteiger partial charge in [0.25, 0.3) is 0 Å². The maximum absolute atomic E-state index is 11.6. The first-order valence-corrected chi connectivity index (χ1v) is 7.05. The fraction of sp³-hybridized carbons (Fsp3) is 0.500. The number of carboxylic acids is 1. The Morgan fingerprint density at radius 3 is 2.24 bits per heavy atom. The number of carboxylic acid groups (broad SMARTS) is 1. The van der Waals surface area contributed by atoms with Crippen molar-refractivity contribution in [2.24, 2.45) is 0 Å². The van der Waals surface area contributed by atoms with Gasteiger partial charge in [0, 0.05) is 6.42 Å². The summed E-state index contributed by atoms with van der Waals surface area (Å²) >= 11 is 0. The molecule has 116 valence electrons. The van der Waals surface area contributed by atoms with Gasteiger partial charge in [-0.2, -0.15) is 0 Å². The third-order valence-corrected chi connectivity index (χ3v) is 3.49. The predicted molar refractivity (Wildman–Crippen MR) is 80.2 cm³/mol. The van der Waals surface area contributed by atoms with Crippen LogP contribution in [0.2, 0.25) is 0 Å². The number of rotatable bonds is 7. The average molecular weight is 293 g/mol. The number of aliphatic hydroxyl groups is 1. The summed E-state index contributed by atoms with van der Waals surface area (Å²) in [7, 11) is 0. The predicted octanol–water partition coefficient (Wildman–Crippen LogP) is 1.50. The second kappa shape index (κ2) is 7.78. The summed E-state index contributed by atoms with van der Waals surface area (Å²) in [6.07, 6.45) is 1.67. The molecule has 5 nitrogen and oxygen atoms in total. The number of carbonyl (C=O) groups is 2. The molecule has 5 heteroatoms. The third kappa shape index (κ3) is 5.19. The second-order valence-electron chi connectivity index (χ2n) is 5.37. The molecule has 21 heavy (non-hydrogen) atoms. The van der Waals surface area contributed by atoms with E-state index in [0.717, 1.165) is 6.42 Å². The third-order valence-electron chi connectivity index (χ3n) is 3.49. The fourth-order valence-corrected chi connectivity index (χ4v) is 2.48. The van der Waals surface area contributed by atoms with Gasteiger partial charge in [0.05, 0.1) is 6.61 Å². The summed E-state index contributed by atoms with van der Waals surface area (Å²) < 4.78 is 0. The lowest BCUT2D eigenvalue weighted by molar-refractivity contribution is -0.142. The van der Waals surface area contributed by atoms with Crippen LogP contribution in [0.3, 0.4) is 0 Å². The number of nitrogens with one attached hydrogen (secondary N) is 1. The first-order valence-electron chi connectivity index (χ1n) is 7.05. The van der Waals surface area contributed by atoms with E-state index in [1.54, 1.807) is 0 Å². The minimum Gasteiger partial charge on any atom is -0.480 e. The Balaban J connectivity index is 2.51. The molecular weight excluding hydrogens is 270 g/mol. The Morgan fingerprint density at radius 2 is 1.76 bits per heavy atom. The molecule has 1 atom stereocenters. The minimum atomic E-state index is -1.23. The van der Waals surface area contributed by atoms with E-state index in [-0.39, 0.29) is 12.3 Å². The van der Waals surface area contributed by atoms with Crippen molar-refractivity contribution in [2.45, 2.75) is 46.1 Å². The van der Waals surface area contributed by atoms with Crippen molar-refractivity contribution in [3.8, 4) is 0 Å². The van der Waals surface area contributed by atoms with Gasteiger partial charge in [-0.25, -0.2) is 4.79 Å². The Labute approximate surface area is 125 Å². The van der Waals surface area contributed by atoms with E-state index in [2.05, 4.69) is 38.2 Å². The molecule has 1 unspecified atom stereocenters. The highest BCUT2D eigenvalue weighted by molar-refractivity contribution is 5.83. The smallest absolute Gasteiger partial charge is 0.328 e. The maximum atomic E-state index is 11.6. The number of aliphatic carboxylic acids is 1. The first-order chi connectivity index (χ1) is 9.85. The van der Waals surface area contributed by atoms with E-state index in [1.807, 2.05) is 0 Å². The van der Waals surface area contributed by atoms with E-state index in [4.69, 9.17) is 10.2 Å². The molecule has 0 radical (unpaired) electrons. The summed E-state index contributed by atoms with van der Waals surface area (Å²) in [6, 6.07) is 3.02. The number of carbonyl (C=O) groups excluding carboxylic acids is 1. The lowest BCUT2D eigenvalue weighted by Gasteiger charge is -2.13. The Kier molecular flexibility index (Phi) is 6.37. The van der Waals surface area contributed by atoms with Gasteiger partial charge in [0.15, 0.2) is 0 Å². The molecule has 1 rings (SSSR count). The van der Waals surface area contributed by atoms with Crippen LogP contribution in [0.1, 0.15) is 35.1 Å². The molecule has 1 aromatic rings. The molecule has 0 aliphatic carbocycles. The lowest BCUT2D eigenvalue weighted by atomic mass is 9.95. The van der Waals surface area contributed by atoms with Crippen molar-refractivity contribution >= 4 is 11.9 Å². The van der Waals surface area contributed by atoms with Crippen LogP contribution in [0.25, 0.3) is 0 Å². The summed E-state index contributed by atoms with van der Waals surface area (Å²) in [5.41, 5.74) is 4.89. The zero-order chi connectivity index (χ0) is 16.0. The molecular formula is C16H23NO4. The molecule has 0 aliphatic heterocycles. The quantitative estimate of drug-likeness (QED) is 0.711. The number of amides is 1. The van der Waals surface area contributed by atoms with Crippen LogP contribution in [-0.4, -0.2) is 34.7 Å². The highest BCUT2D eigenvalue weighted by Crippen LogP contribution is 2.18. The largest absolute Gasteiger partial charge is 0.480 e. The summed E-state index contributed by atoms with van der Waals surface area (Å²) in [5, 5.41) is 19.9. The molecule has 0 saturated carbocycles. The summed E-state index contributed by atoms with van der Waals surface area (Å²) in [4.78, 5) is 22.4. The van der Waals surface area contributed by atoms with E-state index in [9.17, 15) is 9.59 Å². The zero-order valence-electron chi connectivity index (χ0n) is 12.8. The van der Waals surface area contributed by atoms with Crippen LogP contribution >= 0.6 is 0 Å². The van der Waals surface area contributed by atoms with E-state index in [0.29, 0.717) is 6.42 Å². The van der Waals surface area contributed by atoms with Gasteiger partial charge in [-0.1, -0.05) is 17.7 Å². The molecule has 0 spiro atoms. The number of hydrogen-bond donors (Lipinski definition) is 3. The number of benzene rings is 1. The van der Waals surface area contributed by atoms with E-state index in [1.165, 1.54) is 22.3 Å². The maximum Gasteiger partial charge on any atom is 0.328 e. The van der Waals surface area contributed by atoms with Crippen LogP contribution in [0.5, 0.6) is 0 Å². The monoisotopic (exact) mass is 293 g/mol. The highest BCUT2D eigenvalue weighted by Gasteiger charge is 2.18. The van der Waals surface area contributed by atoms with Gasteiger partial charge in [-0.3, -0.25) is 4.79 Å². The minimum absolute atomic E-state index is 0.247. The molecule has 1 aromatic carbocycles. The van der Waals surface area contributed by atoms with Gasteiger partial charge in [0.2, 0.25) is 5.91 Å². The zero-order valence-corrected chi connectivity index (χ0v) is 12.8. The fourth-order valence-electron chi connectivity index (χ4n) is 2.48. The van der Waals surface area contributed by atoms with E-state index >= 15 is 0 Å². The van der Waals surface area contributed by atoms with Gasteiger partial charge >= 0.3 is 5.97 Å². The Hall–Kier alpha value is -1.88. The van der Waals surface area contributed by atoms with Crippen molar-refractivity contribution in [3.63, 3.8) is 0 Å². The molecule has 0 heterocycles. The van der Waals surface area contributed by atoms with Crippen LogP contribution in [0.15, 0.2) is 12.1 Å². The van der Waals surface area contributed by atoms with Gasteiger partial charge in [0.1, 0.15) is 6.04 Å². The lowest BCUT2D eigenvalue weighted by Crippen LogP contribution is -2.43. The van der Waals surface area contributed by atoms with Crippen LogP contribution in [0.4, 0.5) is 0 Å².